The SMILES string of the molecule is CC(C)c1cc(-c2cccc(CO)c2)cc(C(C)C)c1C(C(=O)Nc1ccc(CN(C)C)cc1)S(=O)O. The molecule has 3 rings (SSSR count). The van der Waals surface area contributed by atoms with Crippen molar-refractivity contribution < 1.29 is 18.7 Å². The highest BCUT2D eigenvalue weighted by Gasteiger charge is 2.33. The van der Waals surface area contributed by atoms with Gasteiger partial charge in [0.2, 0.25) is 5.91 Å². The average molecular weight is 523 g/mol. The fourth-order valence-corrected chi connectivity index (χ4v) is 5.28. The Morgan fingerprint density at radius 2 is 1.49 bits per heavy atom. The first kappa shape index (κ1) is 28.7. The van der Waals surface area contributed by atoms with E-state index < -0.39 is 22.2 Å². The maximum absolute atomic E-state index is 13.5. The Balaban J connectivity index is 2.08. The van der Waals surface area contributed by atoms with Crippen LogP contribution in [-0.4, -0.2) is 38.8 Å². The van der Waals surface area contributed by atoms with Crippen molar-refractivity contribution in [1.29, 1.82) is 0 Å². The fraction of sp³-hybridized carbons (Fsp3) is 0.367. The fourth-order valence-electron chi connectivity index (χ4n) is 4.56. The van der Waals surface area contributed by atoms with Crippen LogP contribution in [0.2, 0.25) is 0 Å². The Labute approximate surface area is 223 Å². The number of anilines is 1. The molecule has 198 valence electrons. The first-order valence-electron chi connectivity index (χ1n) is 12.5. The Bertz CT molecular complexity index is 1220. The van der Waals surface area contributed by atoms with Gasteiger partial charge in [-0.05, 0) is 83.1 Å². The van der Waals surface area contributed by atoms with E-state index in [1.165, 1.54) is 0 Å². The van der Waals surface area contributed by atoms with Crippen LogP contribution in [0.1, 0.15) is 72.6 Å². The van der Waals surface area contributed by atoms with Crippen molar-refractivity contribution in [2.45, 2.75) is 57.9 Å². The maximum atomic E-state index is 13.5. The highest BCUT2D eigenvalue weighted by molar-refractivity contribution is 7.80. The zero-order valence-corrected chi connectivity index (χ0v) is 23.3. The number of aliphatic hydroxyl groups is 1. The van der Waals surface area contributed by atoms with E-state index in [9.17, 15) is 18.7 Å². The second-order valence-electron chi connectivity index (χ2n) is 10.3. The van der Waals surface area contributed by atoms with Gasteiger partial charge in [0.15, 0.2) is 16.3 Å². The molecule has 7 heteroatoms. The third kappa shape index (κ3) is 7.14. The number of amides is 1. The lowest BCUT2D eigenvalue weighted by atomic mass is 9.83. The first-order valence-corrected chi connectivity index (χ1v) is 13.7. The van der Waals surface area contributed by atoms with Gasteiger partial charge in [0.1, 0.15) is 0 Å². The number of carbonyl (C=O) groups excluding carboxylic acids is 1. The summed E-state index contributed by atoms with van der Waals surface area (Å²) in [6, 6.07) is 19.2. The van der Waals surface area contributed by atoms with Crippen LogP contribution in [0.5, 0.6) is 0 Å². The maximum Gasteiger partial charge on any atom is 0.247 e. The van der Waals surface area contributed by atoms with Gasteiger partial charge in [0, 0.05) is 12.2 Å². The van der Waals surface area contributed by atoms with Gasteiger partial charge in [0.05, 0.1) is 6.61 Å². The molecule has 0 fully saturated rings. The number of nitrogens with one attached hydrogen (secondary N) is 1. The lowest BCUT2D eigenvalue weighted by Crippen LogP contribution is -2.27. The minimum atomic E-state index is -2.43. The van der Waals surface area contributed by atoms with Gasteiger partial charge in [-0.3, -0.25) is 4.79 Å². The number of nitrogens with zero attached hydrogens (tertiary/aromatic N) is 1. The minimum absolute atomic E-state index is 0.0117. The van der Waals surface area contributed by atoms with Crippen LogP contribution < -0.4 is 5.32 Å². The van der Waals surface area contributed by atoms with Crippen LogP contribution in [0.3, 0.4) is 0 Å². The zero-order chi connectivity index (χ0) is 27.3. The molecule has 37 heavy (non-hydrogen) atoms. The van der Waals surface area contributed by atoms with Crippen LogP contribution in [0.15, 0.2) is 60.7 Å². The van der Waals surface area contributed by atoms with Gasteiger partial charge in [-0.2, -0.15) is 0 Å². The summed E-state index contributed by atoms with van der Waals surface area (Å²) in [7, 11) is 3.98. The van der Waals surface area contributed by atoms with E-state index in [4.69, 9.17) is 0 Å². The van der Waals surface area contributed by atoms with Gasteiger partial charge in [-0.1, -0.05) is 70.2 Å². The van der Waals surface area contributed by atoms with Crippen LogP contribution in [0.25, 0.3) is 11.1 Å². The largest absolute Gasteiger partial charge is 0.392 e. The predicted molar refractivity (Wildman–Crippen MR) is 152 cm³/mol. The van der Waals surface area contributed by atoms with E-state index in [-0.39, 0.29) is 18.4 Å². The van der Waals surface area contributed by atoms with Crippen molar-refractivity contribution in [3.8, 4) is 11.1 Å². The topological polar surface area (TPSA) is 89.9 Å². The number of hydrogen-bond donors (Lipinski definition) is 3. The standard InChI is InChI=1S/C30H38N2O4S/c1-19(2)26-15-24(23-9-7-8-22(14-23)18-33)16-27(20(3)4)28(26)29(37(35)36)30(34)31-25-12-10-21(11-13-25)17-32(5)6/h7-16,19-20,29,33H,17-18H2,1-6H3,(H,31,34)(H,35,36). The van der Waals surface area contributed by atoms with E-state index in [1.807, 2.05) is 102 Å². The van der Waals surface area contributed by atoms with Crippen molar-refractivity contribution in [3.63, 3.8) is 0 Å². The highest BCUT2D eigenvalue weighted by Crippen LogP contribution is 2.39. The number of aliphatic hydroxyl groups excluding tert-OH is 1. The van der Waals surface area contributed by atoms with E-state index in [1.54, 1.807) is 0 Å². The summed E-state index contributed by atoms with van der Waals surface area (Å²) >= 11 is -2.43. The van der Waals surface area contributed by atoms with Crippen molar-refractivity contribution in [1.82, 2.24) is 4.90 Å². The summed E-state index contributed by atoms with van der Waals surface area (Å²) in [6.45, 7) is 8.82. The smallest absolute Gasteiger partial charge is 0.247 e. The Morgan fingerprint density at radius 1 is 0.892 bits per heavy atom. The molecule has 0 aliphatic rings. The number of rotatable bonds is 10. The molecule has 0 bridgehead atoms. The molecule has 3 N–H and O–H groups in total. The molecule has 0 heterocycles. The van der Waals surface area contributed by atoms with Gasteiger partial charge in [-0.15, -0.1) is 0 Å². The first-order chi connectivity index (χ1) is 17.5. The normalized spacial score (nSPS) is 13.3. The summed E-state index contributed by atoms with van der Waals surface area (Å²) in [6.07, 6.45) is 0. The van der Waals surface area contributed by atoms with Crippen molar-refractivity contribution >= 4 is 22.7 Å². The molecule has 2 unspecified atom stereocenters. The summed E-state index contributed by atoms with van der Waals surface area (Å²) in [5, 5.41) is 11.2. The van der Waals surface area contributed by atoms with E-state index >= 15 is 0 Å². The van der Waals surface area contributed by atoms with Crippen LogP contribution in [0.4, 0.5) is 5.69 Å². The highest BCUT2D eigenvalue weighted by atomic mass is 32.2. The lowest BCUT2D eigenvalue weighted by Gasteiger charge is -2.26. The zero-order valence-electron chi connectivity index (χ0n) is 22.5. The monoisotopic (exact) mass is 522 g/mol. The lowest BCUT2D eigenvalue weighted by molar-refractivity contribution is -0.116. The molecule has 0 saturated carbocycles. The summed E-state index contributed by atoms with van der Waals surface area (Å²) < 4.78 is 23.1. The minimum Gasteiger partial charge on any atom is -0.392 e. The molecule has 6 nitrogen and oxygen atoms in total. The Hall–Kier alpha value is -2.84. The van der Waals surface area contributed by atoms with E-state index in [0.29, 0.717) is 11.3 Å². The number of carbonyl (C=O) groups is 1. The summed E-state index contributed by atoms with van der Waals surface area (Å²) in [5.74, 6) is -0.490. The number of hydrogen-bond acceptors (Lipinski definition) is 4. The molecular weight excluding hydrogens is 484 g/mol. The van der Waals surface area contributed by atoms with Gasteiger partial charge >= 0.3 is 0 Å². The van der Waals surface area contributed by atoms with Gasteiger partial charge in [0.25, 0.3) is 0 Å². The Morgan fingerprint density at radius 3 is 1.97 bits per heavy atom. The summed E-state index contributed by atoms with van der Waals surface area (Å²) in [5.41, 5.74) is 6.72. The molecule has 3 aromatic carbocycles. The Kier molecular flexibility index (Phi) is 9.79. The second kappa shape index (κ2) is 12.6. The van der Waals surface area contributed by atoms with Crippen LogP contribution in [-0.2, 0) is 29.0 Å². The molecule has 2 atom stereocenters. The van der Waals surface area contributed by atoms with Gasteiger partial charge in [-0.25, -0.2) is 4.21 Å². The molecular formula is C30H38N2O4S. The molecule has 0 radical (unpaired) electrons. The van der Waals surface area contributed by atoms with Crippen LogP contribution >= 0.6 is 0 Å². The molecule has 0 aromatic heterocycles. The molecule has 1 amide bonds. The van der Waals surface area contributed by atoms with Crippen LogP contribution in [0, 0.1) is 0 Å². The molecule has 0 saturated heterocycles. The predicted octanol–water partition coefficient (Wildman–Crippen LogP) is 6.06. The second-order valence-corrected chi connectivity index (χ2v) is 11.3. The molecule has 0 aliphatic carbocycles. The van der Waals surface area contributed by atoms with Crippen molar-refractivity contribution in [2.24, 2.45) is 0 Å². The molecule has 0 aliphatic heterocycles. The molecule has 3 aromatic rings. The third-order valence-corrected chi connectivity index (χ3v) is 7.21. The number of benzene rings is 3. The van der Waals surface area contributed by atoms with E-state index in [2.05, 4.69) is 10.2 Å². The van der Waals surface area contributed by atoms with Crippen molar-refractivity contribution in [2.75, 3.05) is 19.4 Å². The third-order valence-electron chi connectivity index (χ3n) is 6.35. The van der Waals surface area contributed by atoms with Gasteiger partial charge < -0.3 is 19.9 Å². The average Bonchev–Trinajstić information content (AvgIpc) is 2.84. The van der Waals surface area contributed by atoms with E-state index in [0.717, 1.165) is 39.9 Å². The summed E-state index contributed by atoms with van der Waals surface area (Å²) in [4.78, 5) is 15.6. The van der Waals surface area contributed by atoms with Crippen molar-refractivity contribution in [3.05, 3.63) is 88.5 Å². The quantitative estimate of drug-likeness (QED) is 0.282. The molecule has 0 spiro atoms.